The van der Waals surface area contributed by atoms with E-state index in [0.29, 0.717) is 17.5 Å². The zero-order valence-electron chi connectivity index (χ0n) is 23.3. The summed E-state index contributed by atoms with van der Waals surface area (Å²) in [5.74, 6) is 1.96. The van der Waals surface area contributed by atoms with Crippen LogP contribution in [0.15, 0.2) is 158 Å². The van der Waals surface area contributed by atoms with Crippen molar-refractivity contribution in [3.8, 4) is 51.0 Å². The summed E-state index contributed by atoms with van der Waals surface area (Å²) in [6.07, 6.45) is 0. The first-order valence-electron chi connectivity index (χ1n) is 14.4. The van der Waals surface area contributed by atoms with Crippen molar-refractivity contribution < 1.29 is 0 Å². The van der Waals surface area contributed by atoms with Gasteiger partial charge in [0.05, 0.1) is 11.0 Å². The lowest BCUT2D eigenvalue weighted by atomic mass is 10.0. The molecule has 0 unspecified atom stereocenters. The van der Waals surface area contributed by atoms with Crippen molar-refractivity contribution in [3.05, 3.63) is 158 Å². The molecule has 8 aromatic rings. The molecule has 43 heavy (non-hydrogen) atoms. The molecule has 202 valence electrons. The molecule has 0 saturated carbocycles. The summed E-state index contributed by atoms with van der Waals surface area (Å²) in [4.78, 5) is 14.6. The Morgan fingerprint density at radius 1 is 0.326 bits per heavy atom. The smallest absolute Gasteiger partial charge is 0.164 e. The van der Waals surface area contributed by atoms with Gasteiger partial charge in [-0.25, -0.2) is 15.0 Å². The Morgan fingerprint density at radius 2 is 0.767 bits per heavy atom. The zero-order chi connectivity index (χ0) is 28.6. The van der Waals surface area contributed by atoms with Gasteiger partial charge < -0.3 is 4.57 Å². The van der Waals surface area contributed by atoms with E-state index in [4.69, 9.17) is 15.0 Å². The fraction of sp³-hybridized carbons (Fsp3) is 0. The molecule has 2 aromatic heterocycles. The molecule has 4 heteroatoms. The minimum atomic E-state index is 0.647. The highest BCUT2D eigenvalue weighted by molar-refractivity contribution is 6.10. The summed E-state index contributed by atoms with van der Waals surface area (Å²) in [7, 11) is 0. The van der Waals surface area contributed by atoms with Crippen molar-refractivity contribution >= 4 is 21.8 Å². The molecule has 0 N–H and O–H groups in total. The molecular formula is C39H26N4. The van der Waals surface area contributed by atoms with Crippen LogP contribution in [0.3, 0.4) is 0 Å². The van der Waals surface area contributed by atoms with Crippen LogP contribution in [-0.2, 0) is 0 Å². The second kappa shape index (κ2) is 10.5. The van der Waals surface area contributed by atoms with Gasteiger partial charge in [0.25, 0.3) is 0 Å². The Labute approximate surface area is 249 Å². The predicted molar refractivity (Wildman–Crippen MR) is 176 cm³/mol. The van der Waals surface area contributed by atoms with E-state index in [0.717, 1.165) is 22.4 Å². The van der Waals surface area contributed by atoms with Crippen LogP contribution in [-0.4, -0.2) is 19.5 Å². The van der Waals surface area contributed by atoms with E-state index in [9.17, 15) is 0 Å². The van der Waals surface area contributed by atoms with E-state index in [1.807, 2.05) is 60.7 Å². The number of nitrogens with zero attached hydrogens (tertiary/aromatic N) is 4. The Balaban J connectivity index is 1.24. The molecule has 0 aliphatic rings. The van der Waals surface area contributed by atoms with Gasteiger partial charge in [0.1, 0.15) is 0 Å². The molecule has 8 rings (SSSR count). The highest BCUT2D eigenvalue weighted by atomic mass is 15.0. The van der Waals surface area contributed by atoms with E-state index < -0.39 is 0 Å². The van der Waals surface area contributed by atoms with Gasteiger partial charge in [0.15, 0.2) is 17.5 Å². The molecule has 0 spiro atoms. The Kier molecular flexibility index (Phi) is 6.08. The van der Waals surface area contributed by atoms with Crippen LogP contribution < -0.4 is 0 Å². The van der Waals surface area contributed by atoms with Crippen LogP contribution in [0.5, 0.6) is 0 Å². The molecular weight excluding hydrogens is 524 g/mol. The van der Waals surface area contributed by atoms with Crippen LogP contribution in [0.2, 0.25) is 0 Å². The fourth-order valence-electron chi connectivity index (χ4n) is 5.76. The summed E-state index contributed by atoms with van der Waals surface area (Å²) >= 11 is 0. The average molecular weight is 551 g/mol. The molecule has 4 nitrogen and oxygen atoms in total. The van der Waals surface area contributed by atoms with Crippen molar-refractivity contribution in [2.45, 2.75) is 0 Å². The van der Waals surface area contributed by atoms with Crippen LogP contribution in [0.4, 0.5) is 0 Å². The predicted octanol–water partition coefficient (Wildman–Crippen LogP) is 9.64. The SMILES string of the molecule is c1ccc(-c2ccc3c(c2)c2ccccc2n3-c2ccc(-c3nc(-c4ccccc4)nc(-c4ccccc4)n3)cc2)cc1. The van der Waals surface area contributed by atoms with E-state index >= 15 is 0 Å². The zero-order valence-corrected chi connectivity index (χ0v) is 23.3. The molecule has 0 aliphatic carbocycles. The third kappa shape index (κ3) is 4.55. The van der Waals surface area contributed by atoms with Crippen LogP contribution in [0, 0.1) is 0 Å². The molecule has 0 saturated heterocycles. The third-order valence-corrected chi connectivity index (χ3v) is 7.86. The summed E-state index contributed by atoms with van der Waals surface area (Å²) in [6, 6.07) is 54.6. The van der Waals surface area contributed by atoms with Gasteiger partial charge in [-0.3, -0.25) is 0 Å². The fourth-order valence-corrected chi connectivity index (χ4v) is 5.76. The maximum Gasteiger partial charge on any atom is 0.164 e. The number of benzene rings is 6. The third-order valence-electron chi connectivity index (χ3n) is 7.86. The quantitative estimate of drug-likeness (QED) is 0.214. The largest absolute Gasteiger partial charge is 0.309 e. The standard InChI is InChI=1S/C39H26N4/c1-4-12-27(13-5-1)31-22-25-36-34(26-31)33-18-10-11-19-35(33)43(36)32-23-20-30(21-24-32)39-41-37(28-14-6-2-7-15-28)40-38(42-39)29-16-8-3-9-17-29/h1-26H. The molecule has 0 aliphatic heterocycles. The summed E-state index contributed by atoms with van der Waals surface area (Å²) in [5, 5.41) is 2.47. The highest BCUT2D eigenvalue weighted by Crippen LogP contribution is 2.35. The summed E-state index contributed by atoms with van der Waals surface area (Å²) in [5.41, 5.74) is 8.72. The van der Waals surface area contributed by atoms with Crippen molar-refractivity contribution in [2.75, 3.05) is 0 Å². The van der Waals surface area contributed by atoms with Gasteiger partial charge >= 0.3 is 0 Å². The number of para-hydroxylation sites is 1. The molecule has 0 radical (unpaired) electrons. The van der Waals surface area contributed by atoms with Crippen molar-refractivity contribution in [2.24, 2.45) is 0 Å². The molecule has 2 heterocycles. The second-order valence-electron chi connectivity index (χ2n) is 10.5. The number of hydrogen-bond acceptors (Lipinski definition) is 3. The normalized spacial score (nSPS) is 11.3. The number of fused-ring (bicyclic) bond motifs is 3. The van der Waals surface area contributed by atoms with Gasteiger partial charge in [0, 0.05) is 33.2 Å². The first kappa shape index (κ1) is 24.9. The van der Waals surface area contributed by atoms with Gasteiger partial charge in [-0.1, -0.05) is 115 Å². The number of aromatic nitrogens is 4. The number of rotatable bonds is 5. The van der Waals surface area contributed by atoms with E-state index in [1.54, 1.807) is 0 Å². The lowest BCUT2D eigenvalue weighted by molar-refractivity contribution is 1.07. The van der Waals surface area contributed by atoms with Crippen molar-refractivity contribution in [1.29, 1.82) is 0 Å². The molecule has 0 atom stereocenters. The van der Waals surface area contributed by atoms with Crippen molar-refractivity contribution in [1.82, 2.24) is 19.5 Å². The van der Waals surface area contributed by atoms with E-state index in [-0.39, 0.29) is 0 Å². The maximum atomic E-state index is 4.90. The summed E-state index contributed by atoms with van der Waals surface area (Å²) < 4.78 is 2.33. The lowest BCUT2D eigenvalue weighted by Gasteiger charge is -2.11. The first-order chi connectivity index (χ1) is 21.3. The van der Waals surface area contributed by atoms with Gasteiger partial charge in [0.2, 0.25) is 0 Å². The van der Waals surface area contributed by atoms with Crippen LogP contribution >= 0.6 is 0 Å². The Bertz CT molecular complexity index is 2150. The van der Waals surface area contributed by atoms with Gasteiger partial charge in [-0.15, -0.1) is 0 Å². The van der Waals surface area contributed by atoms with Crippen molar-refractivity contribution in [3.63, 3.8) is 0 Å². The van der Waals surface area contributed by atoms with E-state index in [1.165, 1.54) is 32.9 Å². The molecule has 0 amide bonds. The maximum absolute atomic E-state index is 4.90. The average Bonchev–Trinajstić information content (AvgIpc) is 3.43. The second-order valence-corrected chi connectivity index (χ2v) is 10.5. The first-order valence-corrected chi connectivity index (χ1v) is 14.4. The Hall–Kier alpha value is -5.87. The topological polar surface area (TPSA) is 43.6 Å². The molecule has 0 fully saturated rings. The van der Waals surface area contributed by atoms with Gasteiger partial charge in [-0.2, -0.15) is 0 Å². The Morgan fingerprint density at radius 3 is 1.35 bits per heavy atom. The molecule has 6 aromatic carbocycles. The lowest BCUT2D eigenvalue weighted by Crippen LogP contribution is -2.00. The molecule has 0 bridgehead atoms. The van der Waals surface area contributed by atoms with Gasteiger partial charge in [-0.05, 0) is 53.6 Å². The minimum Gasteiger partial charge on any atom is -0.309 e. The summed E-state index contributed by atoms with van der Waals surface area (Å²) in [6.45, 7) is 0. The van der Waals surface area contributed by atoms with Crippen LogP contribution in [0.1, 0.15) is 0 Å². The van der Waals surface area contributed by atoms with Crippen LogP contribution in [0.25, 0.3) is 72.8 Å². The van der Waals surface area contributed by atoms with E-state index in [2.05, 4.69) is 102 Å². The minimum absolute atomic E-state index is 0.647. The highest BCUT2D eigenvalue weighted by Gasteiger charge is 2.15. The number of hydrogen-bond donors (Lipinski definition) is 0. The monoisotopic (exact) mass is 550 g/mol.